The van der Waals surface area contributed by atoms with Gasteiger partial charge in [-0.15, -0.1) is 11.3 Å². The fourth-order valence-corrected chi connectivity index (χ4v) is 3.74. The number of carbonyl (C=O) groups excluding carboxylic acids is 2. The molecule has 2 heterocycles. The van der Waals surface area contributed by atoms with E-state index in [0.29, 0.717) is 23.6 Å². The lowest BCUT2D eigenvalue weighted by Gasteiger charge is -2.29. The molecule has 3 N–H and O–H groups in total. The molecule has 1 aliphatic heterocycles. The molecule has 7 nitrogen and oxygen atoms in total. The Balaban J connectivity index is 1.92. The lowest BCUT2D eigenvalue weighted by Crippen LogP contribution is -2.47. The highest BCUT2D eigenvalue weighted by molar-refractivity contribution is 7.10. The van der Waals surface area contributed by atoms with Crippen molar-refractivity contribution in [1.82, 2.24) is 10.6 Å². The molecule has 1 atom stereocenters. The molecule has 2 aromatic rings. The molecular formula is C20H23N3O4S. The fraction of sp³-hybridized carbons (Fsp3) is 0.300. The third-order valence-corrected chi connectivity index (χ3v) is 5.06. The molecule has 0 spiro atoms. The molecule has 0 bridgehead atoms. The summed E-state index contributed by atoms with van der Waals surface area (Å²) in [4.78, 5) is 25.8. The quantitative estimate of drug-likeness (QED) is 0.590. The predicted molar refractivity (Wildman–Crippen MR) is 108 cm³/mol. The molecule has 28 heavy (non-hydrogen) atoms. The van der Waals surface area contributed by atoms with Gasteiger partial charge in [-0.1, -0.05) is 18.2 Å². The van der Waals surface area contributed by atoms with Crippen molar-refractivity contribution in [3.05, 3.63) is 57.9 Å². The van der Waals surface area contributed by atoms with Gasteiger partial charge in [-0.2, -0.15) is 0 Å². The van der Waals surface area contributed by atoms with Crippen molar-refractivity contribution in [3.8, 4) is 5.75 Å². The van der Waals surface area contributed by atoms with Gasteiger partial charge in [0.1, 0.15) is 5.75 Å². The van der Waals surface area contributed by atoms with Crippen LogP contribution in [0.15, 0.2) is 53.0 Å². The third-order valence-electron chi connectivity index (χ3n) is 4.12. The van der Waals surface area contributed by atoms with E-state index in [0.717, 1.165) is 10.6 Å². The number of thiophene rings is 1. The Hall–Kier alpha value is -3.00. The number of amides is 2. The lowest BCUT2D eigenvalue weighted by atomic mass is 10.0. The van der Waals surface area contributed by atoms with Crippen LogP contribution in [-0.2, 0) is 9.53 Å². The van der Waals surface area contributed by atoms with Crippen LogP contribution >= 0.6 is 11.3 Å². The standard InChI is InChI=1S/C20H23N3O4S/c1-3-26-15-9-6-5-8-13(15)21-12-14-17(19(24)27-4-2)18(23-20(25)22-14)16-10-7-11-28-16/h5-11,18,21H,3-4,12H2,1-2H3,(H2,22,23,25). The van der Waals surface area contributed by atoms with Gasteiger partial charge in [0, 0.05) is 4.88 Å². The summed E-state index contributed by atoms with van der Waals surface area (Å²) in [6, 6.07) is 10.4. The molecule has 1 aromatic carbocycles. The van der Waals surface area contributed by atoms with Gasteiger partial charge in [0.25, 0.3) is 0 Å². The number of nitrogens with one attached hydrogen (secondary N) is 3. The average molecular weight is 401 g/mol. The Morgan fingerprint density at radius 3 is 2.71 bits per heavy atom. The monoisotopic (exact) mass is 401 g/mol. The van der Waals surface area contributed by atoms with Crippen molar-refractivity contribution in [2.75, 3.05) is 25.1 Å². The van der Waals surface area contributed by atoms with E-state index in [-0.39, 0.29) is 19.2 Å². The van der Waals surface area contributed by atoms with Crippen molar-refractivity contribution in [2.24, 2.45) is 0 Å². The van der Waals surface area contributed by atoms with Gasteiger partial charge < -0.3 is 25.4 Å². The zero-order valence-corrected chi connectivity index (χ0v) is 16.6. The second-order valence-electron chi connectivity index (χ2n) is 5.94. The summed E-state index contributed by atoms with van der Waals surface area (Å²) in [7, 11) is 0. The Kier molecular flexibility index (Phi) is 6.54. The van der Waals surface area contributed by atoms with E-state index in [1.807, 2.05) is 48.7 Å². The molecule has 148 valence electrons. The summed E-state index contributed by atoms with van der Waals surface area (Å²) in [5, 5.41) is 10.7. The molecule has 8 heteroatoms. The molecule has 1 aromatic heterocycles. The molecule has 2 amide bonds. The van der Waals surface area contributed by atoms with E-state index >= 15 is 0 Å². The second kappa shape index (κ2) is 9.27. The maximum atomic E-state index is 12.7. The first kappa shape index (κ1) is 19.8. The molecule has 0 saturated carbocycles. The maximum absolute atomic E-state index is 12.7. The van der Waals surface area contributed by atoms with E-state index < -0.39 is 12.0 Å². The largest absolute Gasteiger partial charge is 0.492 e. The average Bonchev–Trinajstić information content (AvgIpc) is 3.22. The van der Waals surface area contributed by atoms with E-state index in [1.165, 1.54) is 11.3 Å². The summed E-state index contributed by atoms with van der Waals surface area (Å²) < 4.78 is 10.9. The van der Waals surface area contributed by atoms with Crippen LogP contribution in [0.5, 0.6) is 5.75 Å². The molecule has 3 rings (SSSR count). The van der Waals surface area contributed by atoms with Crippen LogP contribution in [0.2, 0.25) is 0 Å². The third kappa shape index (κ3) is 4.45. The molecule has 0 saturated heterocycles. The Labute approximate surface area is 167 Å². The SMILES string of the molecule is CCOC(=O)C1=C(CNc2ccccc2OCC)NC(=O)NC1c1cccs1. The van der Waals surface area contributed by atoms with Gasteiger partial charge in [0.15, 0.2) is 0 Å². The van der Waals surface area contributed by atoms with Crippen molar-refractivity contribution in [1.29, 1.82) is 0 Å². The number of esters is 1. The van der Waals surface area contributed by atoms with Gasteiger partial charge >= 0.3 is 12.0 Å². The first-order valence-corrected chi connectivity index (χ1v) is 9.98. The van der Waals surface area contributed by atoms with Crippen LogP contribution in [0, 0.1) is 0 Å². The summed E-state index contributed by atoms with van der Waals surface area (Å²) in [5.74, 6) is 0.252. The van der Waals surface area contributed by atoms with Crippen molar-refractivity contribution in [3.63, 3.8) is 0 Å². The number of hydrogen-bond acceptors (Lipinski definition) is 6. The Morgan fingerprint density at radius 1 is 1.18 bits per heavy atom. The summed E-state index contributed by atoms with van der Waals surface area (Å²) >= 11 is 1.47. The first-order chi connectivity index (χ1) is 13.6. The highest BCUT2D eigenvalue weighted by Gasteiger charge is 2.34. The molecule has 1 aliphatic rings. The van der Waals surface area contributed by atoms with Crippen molar-refractivity contribution >= 4 is 29.0 Å². The van der Waals surface area contributed by atoms with Crippen molar-refractivity contribution in [2.45, 2.75) is 19.9 Å². The highest BCUT2D eigenvalue weighted by atomic mass is 32.1. The summed E-state index contributed by atoms with van der Waals surface area (Å²) in [6.45, 7) is 4.70. The molecule has 1 unspecified atom stereocenters. The minimum absolute atomic E-state index is 0.244. The van der Waals surface area contributed by atoms with Crippen LogP contribution < -0.4 is 20.7 Å². The molecule has 0 aliphatic carbocycles. The van der Waals surface area contributed by atoms with Gasteiger partial charge in [0.2, 0.25) is 0 Å². The van der Waals surface area contributed by atoms with Crippen LogP contribution in [0.3, 0.4) is 0 Å². The number of urea groups is 1. The van der Waals surface area contributed by atoms with Crippen LogP contribution in [-0.4, -0.2) is 31.8 Å². The normalized spacial score (nSPS) is 16.2. The Bertz CT molecular complexity index is 864. The van der Waals surface area contributed by atoms with E-state index in [1.54, 1.807) is 6.92 Å². The van der Waals surface area contributed by atoms with E-state index in [9.17, 15) is 9.59 Å². The van der Waals surface area contributed by atoms with Gasteiger partial charge in [0.05, 0.1) is 42.8 Å². The van der Waals surface area contributed by atoms with Crippen LogP contribution in [0.25, 0.3) is 0 Å². The summed E-state index contributed by atoms with van der Waals surface area (Å²) in [5.41, 5.74) is 1.65. The zero-order chi connectivity index (χ0) is 19.9. The van der Waals surface area contributed by atoms with Gasteiger partial charge in [-0.25, -0.2) is 9.59 Å². The van der Waals surface area contributed by atoms with Gasteiger partial charge in [-0.05, 0) is 37.4 Å². The van der Waals surface area contributed by atoms with Gasteiger partial charge in [-0.3, -0.25) is 0 Å². The second-order valence-corrected chi connectivity index (χ2v) is 6.92. The van der Waals surface area contributed by atoms with Crippen molar-refractivity contribution < 1.29 is 19.1 Å². The number of hydrogen-bond donors (Lipinski definition) is 3. The number of rotatable bonds is 8. The summed E-state index contributed by atoms with van der Waals surface area (Å²) in [6.07, 6.45) is 0. The minimum Gasteiger partial charge on any atom is -0.492 e. The molecule has 0 radical (unpaired) electrons. The molecular weight excluding hydrogens is 378 g/mol. The number of benzene rings is 1. The smallest absolute Gasteiger partial charge is 0.338 e. The van der Waals surface area contributed by atoms with E-state index in [4.69, 9.17) is 9.47 Å². The number of anilines is 1. The fourth-order valence-electron chi connectivity index (χ4n) is 2.95. The first-order valence-electron chi connectivity index (χ1n) is 9.10. The van der Waals surface area contributed by atoms with E-state index in [2.05, 4.69) is 16.0 Å². The topological polar surface area (TPSA) is 88.7 Å². The lowest BCUT2D eigenvalue weighted by molar-refractivity contribution is -0.139. The van der Waals surface area contributed by atoms with Crippen LogP contribution in [0.4, 0.5) is 10.5 Å². The highest BCUT2D eigenvalue weighted by Crippen LogP contribution is 2.31. The number of ether oxygens (including phenoxy) is 2. The number of carbonyl (C=O) groups is 2. The minimum atomic E-state index is -0.549. The van der Waals surface area contributed by atoms with Crippen LogP contribution in [0.1, 0.15) is 24.8 Å². The zero-order valence-electron chi connectivity index (χ0n) is 15.8. The number of para-hydroxylation sites is 2. The predicted octanol–water partition coefficient (Wildman–Crippen LogP) is 3.43. The Morgan fingerprint density at radius 2 is 2.00 bits per heavy atom. The molecule has 0 fully saturated rings. The maximum Gasteiger partial charge on any atom is 0.338 e.